The van der Waals surface area contributed by atoms with Crippen molar-refractivity contribution in [2.45, 2.75) is 38.6 Å². The van der Waals surface area contributed by atoms with E-state index in [4.69, 9.17) is 4.74 Å². The van der Waals surface area contributed by atoms with E-state index in [0.29, 0.717) is 6.54 Å². The first kappa shape index (κ1) is 22.6. The summed E-state index contributed by atoms with van der Waals surface area (Å²) in [5.74, 6) is 0.718. The second-order valence-corrected chi connectivity index (χ2v) is 6.66. The monoisotopic (exact) mass is 476 g/mol. The topological polar surface area (TPSA) is 88.8 Å². The lowest BCUT2D eigenvalue weighted by atomic mass is 9.83. The molecule has 1 saturated carbocycles. The number of hydrogen-bond acceptors (Lipinski definition) is 4. The third kappa shape index (κ3) is 6.71. The van der Waals surface area contributed by atoms with Crippen LogP contribution in [0.4, 0.5) is 5.69 Å². The van der Waals surface area contributed by atoms with Gasteiger partial charge in [-0.1, -0.05) is 25.0 Å². The molecule has 0 spiro atoms. The van der Waals surface area contributed by atoms with Crippen molar-refractivity contribution in [3.05, 3.63) is 39.9 Å². The summed E-state index contributed by atoms with van der Waals surface area (Å²) in [6.45, 7) is 2.14. The van der Waals surface area contributed by atoms with Crippen LogP contribution in [-0.2, 0) is 11.3 Å². The van der Waals surface area contributed by atoms with Crippen molar-refractivity contribution < 1.29 is 9.66 Å². The number of nitrogens with zero attached hydrogens (tertiary/aromatic N) is 2. The van der Waals surface area contributed by atoms with E-state index in [-0.39, 0.29) is 40.0 Å². The zero-order chi connectivity index (χ0) is 18.1. The molecule has 8 heteroatoms. The summed E-state index contributed by atoms with van der Waals surface area (Å²) in [5, 5.41) is 17.5. The van der Waals surface area contributed by atoms with E-state index >= 15 is 0 Å². The number of nitro benzene ring substituents is 1. The number of benzene rings is 1. The maximum Gasteiger partial charge on any atom is 0.269 e. The van der Waals surface area contributed by atoms with Gasteiger partial charge in [0.2, 0.25) is 0 Å². The van der Waals surface area contributed by atoms with Gasteiger partial charge in [0.1, 0.15) is 0 Å². The molecule has 7 nitrogen and oxygen atoms in total. The highest BCUT2D eigenvalue weighted by atomic mass is 127. The number of ether oxygens (including phenoxy) is 1. The van der Waals surface area contributed by atoms with Crippen molar-refractivity contribution in [2.75, 3.05) is 27.3 Å². The lowest BCUT2D eigenvalue weighted by molar-refractivity contribution is -0.384. The number of aliphatic imine (C=N–C) groups is 1. The molecular formula is C18H29IN4O3. The average Bonchev–Trinajstić information content (AvgIpc) is 3.09. The third-order valence-corrected chi connectivity index (χ3v) is 4.94. The van der Waals surface area contributed by atoms with Gasteiger partial charge in [-0.3, -0.25) is 15.1 Å². The number of nitrogens with one attached hydrogen (secondary N) is 2. The molecule has 0 saturated heterocycles. The molecule has 0 atom stereocenters. The fraction of sp³-hybridized carbons (Fsp3) is 0.611. The molecule has 0 bridgehead atoms. The van der Waals surface area contributed by atoms with E-state index in [1.807, 2.05) is 6.07 Å². The van der Waals surface area contributed by atoms with E-state index in [9.17, 15) is 10.1 Å². The molecule has 0 heterocycles. The predicted octanol–water partition coefficient (Wildman–Crippen LogP) is 3.47. The molecule has 2 N–H and O–H groups in total. The minimum Gasteiger partial charge on any atom is -0.385 e. The van der Waals surface area contributed by atoms with Gasteiger partial charge >= 0.3 is 0 Å². The van der Waals surface area contributed by atoms with Crippen molar-refractivity contribution >= 4 is 35.6 Å². The first-order valence-electron chi connectivity index (χ1n) is 8.75. The average molecular weight is 476 g/mol. The van der Waals surface area contributed by atoms with Crippen LogP contribution >= 0.6 is 24.0 Å². The number of methoxy groups -OCH3 is 1. The van der Waals surface area contributed by atoms with E-state index < -0.39 is 0 Å². The Morgan fingerprint density at radius 3 is 2.69 bits per heavy atom. The van der Waals surface area contributed by atoms with Gasteiger partial charge in [0.05, 0.1) is 4.92 Å². The molecule has 1 aliphatic rings. The van der Waals surface area contributed by atoms with Crippen LogP contribution in [0.2, 0.25) is 0 Å². The van der Waals surface area contributed by atoms with Gasteiger partial charge in [-0.2, -0.15) is 0 Å². The summed E-state index contributed by atoms with van der Waals surface area (Å²) in [4.78, 5) is 14.7. The Bertz CT molecular complexity index is 604. The van der Waals surface area contributed by atoms with Crippen molar-refractivity contribution in [1.29, 1.82) is 0 Å². The van der Waals surface area contributed by atoms with E-state index in [1.54, 1.807) is 26.3 Å². The molecule has 26 heavy (non-hydrogen) atoms. The summed E-state index contributed by atoms with van der Waals surface area (Å²) in [7, 11) is 3.48. The highest BCUT2D eigenvalue weighted by molar-refractivity contribution is 14.0. The molecule has 0 amide bonds. The second kappa shape index (κ2) is 11.3. The van der Waals surface area contributed by atoms with E-state index in [0.717, 1.165) is 31.1 Å². The van der Waals surface area contributed by atoms with Gasteiger partial charge in [-0.05, 0) is 30.2 Å². The van der Waals surface area contributed by atoms with Gasteiger partial charge < -0.3 is 15.4 Å². The maximum absolute atomic E-state index is 10.9. The first-order valence-corrected chi connectivity index (χ1v) is 8.75. The fourth-order valence-electron chi connectivity index (χ4n) is 3.42. The molecule has 1 aromatic rings. The van der Waals surface area contributed by atoms with Crippen LogP contribution in [0.3, 0.4) is 0 Å². The van der Waals surface area contributed by atoms with Gasteiger partial charge in [0, 0.05) is 46.0 Å². The smallest absolute Gasteiger partial charge is 0.269 e. The quantitative estimate of drug-likeness (QED) is 0.197. The zero-order valence-corrected chi connectivity index (χ0v) is 17.8. The number of hydrogen-bond donors (Lipinski definition) is 2. The normalized spacial score (nSPS) is 16.0. The van der Waals surface area contributed by atoms with Crippen molar-refractivity contribution in [2.24, 2.45) is 10.4 Å². The van der Waals surface area contributed by atoms with Crippen LogP contribution in [0, 0.1) is 15.5 Å². The van der Waals surface area contributed by atoms with Gasteiger partial charge in [-0.15, -0.1) is 24.0 Å². The van der Waals surface area contributed by atoms with E-state index in [1.165, 1.54) is 31.7 Å². The lowest BCUT2D eigenvalue weighted by Crippen LogP contribution is -2.43. The molecule has 1 fully saturated rings. The van der Waals surface area contributed by atoms with Crippen LogP contribution < -0.4 is 10.6 Å². The first-order chi connectivity index (χ1) is 12.1. The summed E-state index contributed by atoms with van der Waals surface area (Å²) in [6.07, 6.45) is 6.02. The van der Waals surface area contributed by atoms with E-state index in [2.05, 4.69) is 15.6 Å². The van der Waals surface area contributed by atoms with Crippen LogP contribution in [0.5, 0.6) is 0 Å². The number of nitro groups is 1. The Kier molecular flexibility index (Phi) is 9.85. The third-order valence-electron chi connectivity index (χ3n) is 4.94. The standard InChI is InChI=1S/C18H28N4O3.HI/c1-19-17(20-13-15-6-5-7-16(12-15)22(23)24)21-14-18(10-11-25-2)8-3-4-9-18;/h5-7,12H,3-4,8-11,13-14H2,1-2H3,(H2,19,20,21);1H. The predicted molar refractivity (Wildman–Crippen MR) is 114 cm³/mol. The van der Waals surface area contributed by atoms with Crippen LogP contribution in [-0.4, -0.2) is 38.2 Å². The maximum atomic E-state index is 10.9. The molecule has 0 aromatic heterocycles. The summed E-state index contributed by atoms with van der Waals surface area (Å²) >= 11 is 0. The molecule has 0 aliphatic heterocycles. The number of non-ortho nitro benzene ring substituents is 1. The number of guanidine groups is 1. The molecular weight excluding hydrogens is 447 g/mol. The van der Waals surface area contributed by atoms with Crippen molar-refractivity contribution in [3.63, 3.8) is 0 Å². The minimum atomic E-state index is -0.379. The summed E-state index contributed by atoms with van der Waals surface area (Å²) < 4.78 is 5.27. The summed E-state index contributed by atoms with van der Waals surface area (Å²) in [6, 6.07) is 6.64. The van der Waals surface area contributed by atoms with Crippen LogP contribution in [0.15, 0.2) is 29.3 Å². The Hall–Kier alpha value is -1.42. The molecule has 0 radical (unpaired) electrons. The minimum absolute atomic E-state index is 0. The lowest BCUT2D eigenvalue weighted by Gasteiger charge is -2.30. The number of rotatable bonds is 8. The molecule has 146 valence electrons. The molecule has 0 unspecified atom stereocenters. The SMILES string of the molecule is CN=C(NCc1cccc([N+](=O)[O-])c1)NCC1(CCOC)CCCC1.I. The number of halogens is 1. The fourth-order valence-corrected chi connectivity index (χ4v) is 3.42. The zero-order valence-electron chi connectivity index (χ0n) is 15.5. The summed E-state index contributed by atoms with van der Waals surface area (Å²) in [5.41, 5.74) is 1.23. The van der Waals surface area contributed by atoms with Crippen LogP contribution in [0.1, 0.15) is 37.7 Å². The Balaban J connectivity index is 0.00000338. The van der Waals surface area contributed by atoms with Gasteiger partial charge in [0.15, 0.2) is 5.96 Å². The largest absolute Gasteiger partial charge is 0.385 e. The second-order valence-electron chi connectivity index (χ2n) is 6.66. The highest BCUT2D eigenvalue weighted by Crippen LogP contribution is 2.40. The van der Waals surface area contributed by atoms with Crippen molar-refractivity contribution in [1.82, 2.24) is 10.6 Å². The Labute approximate surface area is 172 Å². The molecule has 2 rings (SSSR count). The van der Waals surface area contributed by atoms with Gasteiger partial charge in [0.25, 0.3) is 5.69 Å². The van der Waals surface area contributed by atoms with Gasteiger partial charge in [-0.25, -0.2) is 0 Å². The van der Waals surface area contributed by atoms with Crippen molar-refractivity contribution in [3.8, 4) is 0 Å². The Morgan fingerprint density at radius 1 is 1.35 bits per heavy atom. The highest BCUT2D eigenvalue weighted by Gasteiger charge is 2.33. The van der Waals surface area contributed by atoms with Crippen LogP contribution in [0.25, 0.3) is 0 Å². The molecule has 1 aliphatic carbocycles. The molecule has 1 aromatic carbocycles. The Morgan fingerprint density at radius 2 is 2.08 bits per heavy atom.